The molecule has 2 rings (SSSR count). The van der Waals surface area contributed by atoms with Gasteiger partial charge in [-0.25, -0.2) is 0 Å². The average molecular weight is 236 g/mol. The minimum atomic E-state index is -0.494. The Morgan fingerprint density at radius 2 is 2.18 bits per heavy atom. The molecule has 1 aromatic heterocycles. The summed E-state index contributed by atoms with van der Waals surface area (Å²) in [5.74, 6) is 1.41. The third-order valence-corrected chi connectivity index (χ3v) is 3.53. The number of primary amides is 1. The molecule has 1 amide bonds. The fourth-order valence-electron chi connectivity index (χ4n) is 2.26. The summed E-state index contributed by atoms with van der Waals surface area (Å²) in [7, 11) is 0. The molecule has 1 aromatic rings. The molecule has 0 unspecified atom stereocenters. The summed E-state index contributed by atoms with van der Waals surface area (Å²) in [6.45, 7) is 7.28. The minimum Gasteiger partial charge on any atom is -0.456 e. The van der Waals surface area contributed by atoms with E-state index in [1.165, 1.54) is 12.8 Å². The third-order valence-electron chi connectivity index (χ3n) is 3.53. The van der Waals surface area contributed by atoms with E-state index in [1.54, 1.807) is 6.07 Å². The van der Waals surface area contributed by atoms with Crippen LogP contribution in [0.25, 0.3) is 0 Å². The quantitative estimate of drug-likeness (QED) is 0.872. The van der Waals surface area contributed by atoms with E-state index < -0.39 is 5.91 Å². The lowest BCUT2D eigenvalue weighted by Gasteiger charge is -2.29. The second-order valence-corrected chi connectivity index (χ2v) is 5.01. The van der Waals surface area contributed by atoms with Crippen molar-refractivity contribution < 1.29 is 9.21 Å². The molecule has 2 N–H and O–H groups in total. The predicted molar refractivity (Wildman–Crippen MR) is 65.6 cm³/mol. The first kappa shape index (κ1) is 12.2. The molecule has 0 aliphatic carbocycles. The molecule has 1 aliphatic heterocycles. The van der Waals surface area contributed by atoms with Gasteiger partial charge in [-0.05, 0) is 44.8 Å². The van der Waals surface area contributed by atoms with E-state index in [1.807, 2.05) is 6.92 Å². The van der Waals surface area contributed by atoms with Crippen LogP contribution in [0.15, 0.2) is 10.5 Å². The van der Waals surface area contributed by atoms with Crippen LogP contribution in [0, 0.1) is 12.8 Å². The Kier molecular flexibility index (Phi) is 3.52. The Bertz CT molecular complexity index is 404. The summed E-state index contributed by atoms with van der Waals surface area (Å²) in [6.07, 6.45) is 2.50. The zero-order chi connectivity index (χ0) is 12.4. The van der Waals surface area contributed by atoms with E-state index >= 15 is 0 Å². The summed E-state index contributed by atoms with van der Waals surface area (Å²) >= 11 is 0. The van der Waals surface area contributed by atoms with Crippen LogP contribution in [0.2, 0.25) is 0 Å². The fourth-order valence-corrected chi connectivity index (χ4v) is 2.26. The molecular formula is C13H20N2O2. The van der Waals surface area contributed by atoms with Gasteiger partial charge in [-0.15, -0.1) is 0 Å². The Labute approximate surface area is 102 Å². The van der Waals surface area contributed by atoms with Crippen LogP contribution < -0.4 is 5.73 Å². The van der Waals surface area contributed by atoms with Gasteiger partial charge in [-0.3, -0.25) is 9.69 Å². The van der Waals surface area contributed by atoms with Crippen molar-refractivity contribution in [2.24, 2.45) is 11.7 Å². The van der Waals surface area contributed by atoms with E-state index in [-0.39, 0.29) is 5.76 Å². The second kappa shape index (κ2) is 4.92. The number of rotatable bonds is 3. The zero-order valence-electron chi connectivity index (χ0n) is 10.5. The first-order chi connectivity index (χ1) is 8.06. The van der Waals surface area contributed by atoms with Crippen LogP contribution in [-0.2, 0) is 6.54 Å². The number of carbonyl (C=O) groups is 1. The highest BCUT2D eigenvalue weighted by Crippen LogP contribution is 2.21. The molecular weight excluding hydrogens is 216 g/mol. The first-order valence-electron chi connectivity index (χ1n) is 6.17. The van der Waals surface area contributed by atoms with Gasteiger partial charge in [0.2, 0.25) is 0 Å². The lowest BCUT2D eigenvalue weighted by Crippen LogP contribution is -2.32. The average Bonchev–Trinajstić information content (AvgIpc) is 2.64. The van der Waals surface area contributed by atoms with E-state index in [0.29, 0.717) is 0 Å². The van der Waals surface area contributed by atoms with Gasteiger partial charge in [0.25, 0.3) is 5.91 Å². The zero-order valence-corrected chi connectivity index (χ0v) is 10.5. The maximum Gasteiger partial charge on any atom is 0.284 e. The molecule has 0 aromatic carbocycles. The highest BCUT2D eigenvalue weighted by Gasteiger charge is 2.18. The Morgan fingerprint density at radius 3 is 2.71 bits per heavy atom. The third kappa shape index (κ3) is 2.88. The molecule has 0 atom stereocenters. The van der Waals surface area contributed by atoms with Crippen molar-refractivity contribution in [1.29, 1.82) is 0 Å². The van der Waals surface area contributed by atoms with Crippen molar-refractivity contribution in [3.63, 3.8) is 0 Å². The normalized spacial score (nSPS) is 18.5. The number of aryl methyl sites for hydroxylation is 1. The molecule has 1 aliphatic rings. The number of likely N-dealkylation sites (tertiary alicyclic amines) is 1. The van der Waals surface area contributed by atoms with Crippen molar-refractivity contribution in [3.8, 4) is 0 Å². The van der Waals surface area contributed by atoms with Crippen molar-refractivity contribution in [1.82, 2.24) is 4.90 Å². The van der Waals surface area contributed by atoms with Crippen molar-refractivity contribution in [2.45, 2.75) is 33.2 Å². The van der Waals surface area contributed by atoms with Crippen LogP contribution in [0.1, 0.15) is 41.6 Å². The predicted octanol–water partition coefficient (Wildman–Crippen LogP) is 1.92. The number of furan rings is 1. The summed E-state index contributed by atoms with van der Waals surface area (Å²) in [4.78, 5) is 13.4. The van der Waals surface area contributed by atoms with Crippen LogP contribution >= 0.6 is 0 Å². The summed E-state index contributed by atoms with van der Waals surface area (Å²) in [5, 5.41) is 0. The number of hydrogen-bond acceptors (Lipinski definition) is 3. The summed E-state index contributed by atoms with van der Waals surface area (Å²) < 4.78 is 5.34. The van der Waals surface area contributed by atoms with Crippen molar-refractivity contribution in [2.75, 3.05) is 13.1 Å². The lowest BCUT2D eigenvalue weighted by molar-refractivity contribution is 0.0972. The van der Waals surface area contributed by atoms with Crippen LogP contribution in [0.4, 0.5) is 0 Å². The van der Waals surface area contributed by atoms with Crippen molar-refractivity contribution >= 4 is 5.91 Å². The molecule has 4 heteroatoms. The molecule has 0 spiro atoms. The SMILES string of the molecule is Cc1oc(C(N)=O)cc1CN1CCC(C)CC1. The first-order valence-corrected chi connectivity index (χ1v) is 6.17. The van der Waals surface area contributed by atoms with Crippen LogP contribution in [-0.4, -0.2) is 23.9 Å². The lowest BCUT2D eigenvalue weighted by atomic mass is 9.99. The van der Waals surface area contributed by atoms with E-state index in [0.717, 1.165) is 36.9 Å². The standard InChI is InChI=1S/C13H20N2O2/c1-9-3-5-15(6-4-9)8-11-7-12(13(14)16)17-10(11)2/h7,9H,3-6,8H2,1-2H3,(H2,14,16). The smallest absolute Gasteiger partial charge is 0.284 e. The van der Waals surface area contributed by atoms with Crippen LogP contribution in [0.3, 0.4) is 0 Å². The van der Waals surface area contributed by atoms with Crippen molar-refractivity contribution in [3.05, 3.63) is 23.2 Å². The summed E-state index contributed by atoms with van der Waals surface area (Å²) in [5.41, 5.74) is 6.28. The monoisotopic (exact) mass is 236 g/mol. The van der Waals surface area contributed by atoms with Gasteiger partial charge in [0.1, 0.15) is 5.76 Å². The fraction of sp³-hybridized carbons (Fsp3) is 0.615. The summed E-state index contributed by atoms with van der Waals surface area (Å²) in [6, 6.07) is 1.77. The molecule has 4 nitrogen and oxygen atoms in total. The van der Waals surface area contributed by atoms with E-state index in [9.17, 15) is 4.79 Å². The molecule has 17 heavy (non-hydrogen) atoms. The maximum atomic E-state index is 11.0. The Hall–Kier alpha value is -1.29. The number of nitrogens with two attached hydrogens (primary N) is 1. The Balaban J connectivity index is 2.01. The molecule has 1 fully saturated rings. The van der Waals surface area contributed by atoms with Gasteiger partial charge in [0.15, 0.2) is 5.76 Å². The van der Waals surface area contributed by atoms with Gasteiger partial charge < -0.3 is 10.2 Å². The van der Waals surface area contributed by atoms with Gasteiger partial charge in [-0.2, -0.15) is 0 Å². The van der Waals surface area contributed by atoms with Crippen LogP contribution in [0.5, 0.6) is 0 Å². The number of piperidine rings is 1. The number of hydrogen-bond donors (Lipinski definition) is 1. The van der Waals surface area contributed by atoms with E-state index in [4.69, 9.17) is 10.2 Å². The van der Waals surface area contributed by atoms with Gasteiger partial charge in [0, 0.05) is 12.1 Å². The number of carbonyl (C=O) groups excluding carboxylic acids is 1. The van der Waals surface area contributed by atoms with Gasteiger partial charge in [0.05, 0.1) is 0 Å². The van der Waals surface area contributed by atoms with Gasteiger partial charge in [-0.1, -0.05) is 6.92 Å². The number of nitrogens with zero attached hydrogens (tertiary/aromatic N) is 1. The topological polar surface area (TPSA) is 59.5 Å². The molecule has 1 saturated heterocycles. The molecule has 2 heterocycles. The molecule has 0 bridgehead atoms. The Morgan fingerprint density at radius 1 is 1.53 bits per heavy atom. The molecule has 0 saturated carbocycles. The molecule has 94 valence electrons. The highest BCUT2D eigenvalue weighted by atomic mass is 16.3. The highest BCUT2D eigenvalue weighted by molar-refractivity contribution is 5.90. The largest absolute Gasteiger partial charge is 0.456 e. The number of amides is 1. The molecule has 0 radical (unpaired) electrons. The maximum absolute atomic E-state index is 11.0. The minimum absolute atomic E-state index is 0.267. The van der Waals surface area contributed by atoms with Gasteiger partial charge >= 0.3 is 0 Å². The van der Waals surface area contributed by atoms with E-state index in [2.05, 4.69) is 11.8 Å². The second-order valence-electron chi connectivity index (χ2n) is 5.01.